The van der Waals surface area contributed by atoms with Gasteiger partial charge in [-0.2, -0.15) is 0 Å². The highest BCUT2D eigenvalue weighted by Gasteiger charge is 1.94. The molecule has 0 radical (unpaired) electrons. The predicted octanol–water partition coefficient (Wildman–Crippen LogP) is 1.96. The Morgan fingerprint density at radius 1 is 1.00 bits per heavy atom. The number of nitrogens with one attached hydrogen (secondary N) is 1. The zero-order valence-electron chi connectivity index (χ0n) is 9.48. The molecule has 0 unspecified atom stereocenters. The van der Waals surface area contributed by atoms with Gasteiger partial charge in [-0.1, -0.05) is 34.1 Å². The molecule has 0 heterocycles. The van der Waals surface area contributed by atoms with E-state index in [1.807, 2.05) is 7.05 Å². The van der Waals surface area contributed by atoms with E-state index in [9.17, 15) is 0 Å². The zero-order valence-corrected chi connectivity index (χ0v) is 9.48. The van der Waals surface area contributed by atoms with E-state index in [4.69, 9.17) is 0 Å². The molecular weight excluding hydrogens is 148 g/mol. The Hall–Kier alpha value is -0.0800. The van der Waals surface area contributed by atoms with Crippen molar-refractivity contribution in [3.8, 4) is 0 Å². The second-order valence-electron chi connectivity index (χ2n) is 2.84. The van der Waals surface area contributed by atoms with Crippen LogP contribution in [0.25, 0.3) is 0 Å². The molecule has 0 aliphatic carbocycles. The van der Waals surface area contributed by atoms with Gasteiger partial charge in [-0.05, 0) is 20.1 Å². The van der Waals surface area contributed by atoms with E-state index in [1.165, 1.54) is 13.0 Å². The number of rotatable bonds is 5. The molecule has 0 saturated heterocycles. The predicted molar refractivity (Wildman–Crippen MR) is 57.7 cm³/mol. The van der Waals surface area contributed by atoms with Crippen molar-refractivity contribution in [2.75, 3.05) is 33.2 Å². The zero-order chi connectivity index (χ0) is 9.82. The molecule has 76 valence electrons. The lowest BCUT2D eigenvalue weighted by atomic mass is 10.5. The molecule has 0 bridgehead atoms. The van der Waals surface area contributed by atoms with E-state index in [2.05, 4.69) is 37.9 Å². The van der Waals surface area contributed by atoms with E-state index in [-0.39, 0.29) is 0 Å². The van der Waals surface area contributed by atoms with Crippen molar-refractivity contribution in [3.63, 3.8) is 0 Å². The van der Waals surface area contributed by atoms with Gasteiger partial charge in [0.05, 0.1) is 0 Å². The first-order chi connectivity index (χ1) is 5.76. The van der Waals surface area contributed by atoms with Gasteiger partial charge in [0.2, 0.25) is 0 Å². The molecule has 0 saturated carbocycles. The average molecular weight is 174 g/mol. The maximum atomic E-state index is 3.13. The van der Waals surface area contributed by atoms with Crippen LogP contribution in [0.15, 0.2) is 0 Å². The largest absolute Gasteiger partial charge is 0.318 e. The Bertz CT molecular complexity index is 60.9. The molecule has 0 aromatic carbocycles. The number of hydrogen-bond donors (Lipinski definition) is 1. The van der Waals surface area contributed by atoms with E-state index in [0.29, 0.717) is 0 Å². The van der Waals surface area contributed by atoms with Crippen LogP contribution in [0.4, 0.5) is 0 Å². The maximum absolute atomic E-state index is 3.13. The molecule has 0 amide bonds. The summed E-state index contributed by atoms with van der Waals surface area (Å²) >= 11 is 0. The van der Waals surface area contributed by atoms with Gasteiger partial charge in [0, 0.05) is 13.1 Å². The summed E-state index contributed by atoms with van der Waals surface area (Å²) in [4.78, 5) is 2.40. The van der Waals surface area contributed by atoms with Crippen LogP contribution in [0, 0.1) is 0 Å². The van der Waals surface area contributed by atoms with Crippen molar-refractivity contribution >= 4 is 0 Å². The molecule has 1 N–H and O–H groups in total. The number of nitrogens with zero attached hydrogens (tertiary/aromatic N) is 1. The summed E-state index contributed by atoms with van der Waals surface area (Å²) in [6, 6.07) is 0. The first-order valence-corrected chi connectivity index (χ1v) is 5.13. The fourth-order valence-electron chi connectivity index (χ4n) is 0.810. The Morgan fingerprint density at radius 3 is 1.67 bits per heavy atom. The van der Waals surface area contributed by atoms with Crippen LogP contribution < -0.4 is 5.32 Å². The summed E-state index contributed by atoms with van der Waals surface area (Å²) in [5.74, 6) is 0. The van der Waals surface area contributed by atoms with Crippen molar-refractivity contribution in [3.05, 3.63) is 0 Å². The second-order valence-corrected chi connectivity index (χ2v) is 2.84. The maximum Gasteiger partial charge on any atom is 0.0106 e. The van der Waals surface area contributed by atoms with Crippen LogP contribution in [0.3, 0.4) is 0 Å². The molecule has 0 fully saturated rings. The average Bonchev–Trinajstić information content (AvgIpc) is 2.08. The van der Waals surface area contributed by atoms with Gasteiger partial charge in [-0.15, -0.1) is 0 Å². The monoisotopic (exact) mass is 174 g/mol. The molecule has 2 heteroatoms. The summed E-state index contributed by atoms with van der Waals surface area (Å²) in [5, 5.41) is 3.13. The summed E-state index contributed by atoms with van der Waals surface area (Å²) < 4.78 is 0. The van der Waals surface area contributed by atoms with Crippen molar-refractivity contribution in [2.24, 2.45) is 0 Å². The lowest BCUT2D eigenvalue weighted by molar-refractivity contribution is 0.305. The van der Waals surface area contributed by atoms with Gasteiger partial charge < -0.3 is 10.2 Å². The topological polar surface area (TPSA) is 15.3 Å². The molecule has 0 aromatic heterocycles. The molecule has 0 atom stereocenters. The third-order valence-corrected chi connectivity index (χ3v) is 1.57. The third kappa shape index (κ3) is 12.6. The smallest absolute Gasteiger partial charge is 0.0106 e. The number of likely N-dealkylation sites (N-methyl/N-ethyl adjacent to an activating group) is 2. The minimum absolute atomic E-state index is 1.10. The fraction of sp³-hybridized carbons (Fsp3) is 1.00. The van der Waals surface area contributed by atoms with Gasteiger partial charge >= 0.3 is 0 Å². The van der Waals surface area contributed by atoms with Gasteiger partial charge in [0.25, 0.3) is 0 Å². The molecule has 0 aliphatic heterocycles. The van der Waals surface area contributed by atoms with Crippen molar-refractivity contribution < 1.29 is 0 Å². The highest BCUT2D eigenvalue weighted by molar-refractivity contribution is 4.52. The van der Waals surface area contributed by atoms with Crippen LogP contribution in [-0.2, 0) is 0 Å². The Labute approximate surface area is 78.3 Å². The molecule has 0 aromatic rings. The Balaban J connectivity index is 0. The van der Waals surface area contributed by atoms with Gasteiger partial charge in [-0.3, -0.25) is 0 Å². The SMILES string of the molecule is CCC.CCN(CC)CCNC. The summed E-state index contributed by atoms with van der Waals surface area (Å²) in [5.41, 5.74) is 0. The summed E-state index contributed by atoms with van der Waals surface area (Å²) in [6.07, 6.45) is 1.25. The molecule has 0 aliphatic rings. The molecule has 0 spiro atoms. The molecule has 0 rings (SSSR count). The van der Waals surface area contributed by atoms with Crippen LogP contribution in [0.1, 0.15) is 34.1 Å². The van der Waals surface area contributed by atoms with Crippen molar-refractivity contribution in [1.29, 1.82) is 0 Å². The second kappa shape index (κ2) is 13.5. The minimum Gasteiger partial charge on any atom is -0.318 e. The first-order valence-electron chi connectivity index (χ1n) is 5.13. The summed E-state index contributed by atoms with van der Waals surface area (Å²) in [7, 11) is 1.99. The molecule has 2 nitrogen and oxygen atoms in total. The Kier molecular flexibility index (Phi) is 16.3. The highest BCUT2D eigenvalue weighted by Crippen LogP contribution is 1.82. The first kappa shape index (κ1) is 14.4. The van der Waals surface area contributed by atoms with Crippen molar-refractivity contribution in [2.45, 2.75) is 34.1 Å². The Morgan fingerprint density at radius 2 is 1.42 bits per heavy atom. The van der Waals surface area contributed by atoms with E-state index in [1.54, 1.807) is 0 Å². The van der Waals surface area contributed by atoms with E-state index >= 15 is 0 Å². The van der Waals surface area contributed by atoms with Crippen LogP contribution in [0.2, 0.25) is 0 Å². The fourth-order valence-corrected chi connectivity index (χ4v) is 0.810. The minimum atomic E-state index is 1.10. The van der Waals surface area contributed by atoms with E-state index < -0.39 is 0 Å². The lowest BCUT2D eigenvalue weighted by Crippen LogP contribution is -2.30. The quantitative estimate of drug-likeness (QED) is 0.685. The third-order valence-electron chi connectivity index (χ3n) is 1.57. The van der Waals surface area contributed by atoms with Gasteiger partial charge in [0.15, 0.2) is 0 Å². The molecule has 12 heavy (non-hydrogen) atoms. The van der Waals surface area contributed by atoms with Crippen LogP contribution in [-0.4, -0.2) is 38.1 Å². The number of hydrogen-bond acceptors (Lipinski definition) is 2. The van der Waals surface area contributed by atoms with E-state index in [0.717, 1.165) is 19.6 Å². The van der Waals surface area contributed by atoms with Crippen LogP contribution in [0.5, 0.6) is 0 Å². The lowest BCUT2D eigenvalue weighted by Gasteiger charge is -2.16. The van der Waals surface area contributed by atoms with Gasteiger partial charge in [0.1, 0.15) is 0 Å². The van der Waals surface area contributed by atoms with Crippen LogP contribution >= 0.6 is 0 Å². The normalized spacial score (nSPS) is 9.50. The van der Waals surface area contributed by atoms with Gasteiger partial charge in [-0.25, -0.2) is 0 Å². The standard InChI is InChI=1S/C7H18N2.C3H8/c1-4-9(5-2)7-6-8-3;1-3-2/h8H,4-7H2,1-3H3;3H2,1-2H3. The highest BCUT2D eigenvalue weighted by atomic mass is 15.1. The summed E-state index contributed by atoms with van der Waals surface area (Å²) in [6.45, 7) is 13.2. The van der Waals surface area contributed by atoms with Crippen molar-refractivity contribution in [1.82, 2.24) is 10.2 Å². The molecular formula is C10H26N2.